The van der Waals surface area contributed by atoms with Crippen molar-refractivity contribution in [1.29, 1.82) is 0 Å². The van der Waals surface area contributed by atoms with Gasteiger partial charge in [0.15, 0.2) is 0 Å². The molecule has 5 nitrogen and oxygen atoms in total. The van der Waals surface area contributed by atoms with Gasteiger partial charge in [0.2, 0.25) is 11.5 Å². The molecule has 0 bridgehead atoms. The number of fused-ring (bicyclic) bond motifs is 3. The van der Waals surface area contributed by atoms with Gasteiger partial charge in [0.1, 0.15) is 0 Å². The Morgan fingerprint density at radius 2 is 2.31 bits per heavy atom. The summed E-state index contributed by atoms with van der Waals surface area (Å²) in [5, 5.41) is 9.60. The van der Waals surface area contributed by atoms with E-state index in [1.807, 2.05) is 0 Å². The van der Waals surface area contributed by atoms with E-state index in [1.165, 1.54) is 0 Å². The number of nitrogens with two attached hydrogens (primary N) is 1. The van der Waals surface area contributed by atoms with Crippen molar-refractivity contribution in [2.24, 2.45) is 0 Å². The van der Waals surface area contributed by atoms with Crippen LogP contribution in [0.25, 0.3) is 11.1 Å². The highest BCUT2D eigenvalue weighted by Gasteiger charge is 2.24. The lowest BCUT2D eigenvalue weighted by Gasteiger charge is -1.99. The fourth-order valence-corrected chi connectivity index (χ4v) is 2.30. The van der Waals surface area contributed by atoms with Crippen LogP contribution in [-0.2, 0) is 12.8 Å². The van der Waals surface area contributed by atoms with Crippen LogP contribution in [-0.4, -0.2) is 16.1 Å². The molecule has 16 heavy (non-hydrogen) atoms. The second-order valence-corrected chi connectivity index (χ2v) is 3.95. The molecule has 0 aromatic carbocycles. The minimum atomic E-state index is -1.15. The predicted molar refractivity (Wildman–Crippen MR) is 57.4 cm³/mol. The number of carboxylic acid groups (broad SMARTS) is 1. The van der Waals surface area contributed by atoms with E-state index in [2.05, 4.69) is 4.98 Å². The number of aromatic carboxylic acids is 1. The van der Waals surface area contributed by atoms with Crippen LogP contribution in [0.3, 0.4) is 0 Å². The molecule has 0 radical (unpaired) electrons. The molecule has 3 rings (SSSR count). The fraction of sp³-hybridized carbons (Fsp3) is 0.273. The summed E-state index contributed by atoms with van der Waals surface area (Å²) in [6, 6.07) is 0. The van der Waals surface area contributed by atoms with Gasteiger partial charge >= 0.3 is 5.97 Å². The summed E-state index contributed by atoms with van der Waals surface area (Å²) in [6.07, 6.45) is 4.70. The largest absolute Gasteiger partial charge is 0.475 e. The third-order valence-corrected chi connectivity index (χ3v) is 3.02. The molecule has 2 aromatic heterocycles. The summed E-state index contributed by atoms with van der Waals surface area (Å²) in [5.74, 6) is -1.36. The van der Waals surface area contributed by atoms with E-state index < -0.39 is 5.97 Å². The second kappa shape index (κ2) is 2.98. The molecule has 0 atom stereocenters. The van der Waals surface area contributed by atoms with Crippen LogP contribution in [0.5, 0.6) is 0 Å². The molecule has 0 saturated carbocycles. The summed E-state index contributed by atoms with van der Waals surface area (Å²) < 4.78 is 5.15. The Balaban J connectivity index is 2.39. The number of hydrogen-bond acceptors (Lipinski definition) is 4. The van der Waals surface area contributed by atoms with Crippen molar-refractivity contribution in [3.63, 3.8) is 0 Å². The van der Waals surface area contributed by atoms with E-state index in [-0.39, 0.29) is 11.4 Å². The van der Waals surface area contributed by atoms with Crippen molar-refractivity contribution < 1.29 is 14.3 Å². The Morgan fingerprint density at radius 1 is 1.50 bits per heavy atom. The van der Waals surface area contributed by atoms with Crippen molar-refractivity contribution in [1.82, 2.24) is 4.98 Å². The zero-order valence-electron chi connectivity index (χ0n) is 8.49. The van der Waals surface area contributed by atoms with Crippen LogP contribution in [0.15, 0.2) is 10.6 Å². The molecule has 0 unspecified atom stereocenters. The number of pyridine rings is 1. The first-order valence-electron chi connectivity index (χ1n) is 5.10. The van der Waals surface area contributed by atoms with Crippen molar-refractivity contribution in [3.05, 3.63) is 23.1 Å². The van der Waals surface area contributed by atoms with Crippen LogP contribution >= 0.6 is 0 Å². The number of anilines is 1. The summed E-state index contributed by atoms with van der Waals surface area (Å²) in [4.78, 5) is 15.0. The van der Waals surface area contributed by atoms with Gasteiger partial charge in [-0.3, -0.25) is 0 Å². The fourth-order valence-electron chi connectivity index (χ4n) is 2.30. The molecule has 2 aromatic rings. The minimum Gasteiger partial charge on any atom is -0.475 e. The molecule has 0 aliphatic heterocycles. The highest BCUT2D eigenvalue weighted by molar-refractivity contribution is 6.03. The van der Waals surface area contributed by atoms with E-state index >= 15 is 0 Å². The smallest absolute Gasteiger partial charge is 0.374 e. The normalized spacial score (nSPS) is 14.2. The molecule has 0 amide bonds. The molecular formula is C11H10N2O3. The maximum atomic E-state index is 10.9. The molecule has 1 aliphatic rings. The van der Waals surface area contributed by atoms with Crippen molar-refractivity contribution in [2.45, 2.75) is 19.3 Å². The topological polar surface area (TPSA) is 89.4 Å². The first kappa shape index (κ1) is 9.21. The van der Waals surface area contributed by atoms with Gasteiger partial charge in [-0.2, -0.15) is 0 Å². The molecule has 1 aliphatic carbocycles. The summed E-state index contributed by atoms with van der Waals surface area (Å²) >= 11 is 0. The Bertz CT molecular complexity index is 601. The van der Waals surface area contributed by atoms with Gasteiger partial charge in [-0.1, -0.05) is 0 Å². The quantitative estimate of drug-likeness (QED) is 0.758. The standard InChI is InChI=1S/C11H10N2O3/c12-8-7-6-3-1-2-5(6)4-13-10(7)16-9(8)11(14)15/h4H,1-3,12H2,(H,14,15). The van der Waals surface area contributed by atoms with E-state index in [0.717, 1.165) is 30.4 Å². The molecule has 3 N–H and O–H groups in total. The maximum Gasteiger partial charge on any atom is 0.374 e. The Kier molecular flexibility index (Phi) is 1.71. The van der Waals surface area contributed by atoms with E-state index in [0.29, 0.717) is 11.1 Å². The van der Waals surface area contributed by atoms with Gasteiger partial charge in [0, 0.05) is 6.20 Å². The predicted octanol–water partition coefficient (Wildman–Crippen LogP) is 1.60. The van der Waals surface area contributed by atoms with Crippen LogP contribution in [0.2, 0.25) is 0 Å². The summed E-state index contributed by atoms with van der Waals surface area (Å²) in [5.41, 5.74) is 8.58. The number of nitrogen functional groups attached to an aromatic ring is 1. The lowest BCUT2D eigenvalue weighted by molar-refractivity contribution is 0.0666. The van der Waals surface area contributed by atoms with E-state index in [4.69, 9.17) is 15.3 Å². The number of carboxylic acids is 1. The van der Waals surface area contributed by atoms with Gasteiger partial charge in [0.25, 0.3) is 0 Å². The van der Waals surface area contributed by atoms with Gasteiger partial charge in [0.05, 0.1) is 11.1 Å². The number of hydrogen-bond donors (Lipinski definition) is 2. The lowest BCUT2D eigenvalue weighted by atomic mass is 10.1. The van der Waals surface area contributed by atoms with Crippen LogP contribution < -0.4 is 5.73 Å². The molecule has 0 fully saturated rings. The molecular weight excluding hydrogens is 208 g/mol. The maximum absolute atomic E-state index is 10.9. The Hall–Kier alpha value is -2.04. The average molecular weight is 218 g/mol. The zero-order valence-corrected chi connectivity index (χ0v) is 8.49. The second-order valence-electron chi connectivity index (χ2n) is 3.95. The van der Waals surface area contributed by atoms with Gasteiger partial charge < -0.3 is 15.3 Å². The molecule has 5 heteroatoms. The Labute approximate surface area is 90.9 Å². The molecule has 2 heterocycles. The highest BCUT2D eigenvalue weighted by Crippen LogP contribution is 2.35. The number of furan rings is 1. The molecule has 0 saturated heterocycles. The van der Waals surface area contributed by atoms with Crippen molar-refractivity contribution in [3.8, 4) is 0 Å². The minimum absolute atomic E-state index is 0.203. The van der Waals surface area contributed by atoms with Gasteiger partial charge in [-0.25, -0.2) is 9.78 Å². The number of rotatable bonds is 1. The lowest BCUT2D eigenvalue weighted by Crippen LogP contribution is -1.98. The summed E-state index contributed by atoms with van der Waals surface area (Å²) in [6.45, 7) is 0. The van der Waals surface area contributed by atoms with Crippen molar-refractivity contribution in [2.75, 3.05) is 5.73 Å². The highest BCUT2D eigenvalue weighted by atomic mass is 16.4. The number of nitrogens with zero attached hydrogens (tertiary/aromatic N) is 1. The molecule has 82 valence electrons. The van der Waals surface area contributed by atoms with Gasteiger partial charge in [-0.15, -0.1) is 0 Å². The van der Waals surface area contributed by atoms with Gasteiger partial charge in [-0.05, 0) is 30.4 Å². The monoisotopic (exact) mass is 218 g/mol. The first-order chi connectivity index (χ1) is 7.68. The Morgan fingerprint density at radius 3 is 3.06 bits per heavy atom. The zero-order chi connectivity index (χ0) is 11.3. The number of aryl methyl sites for hydroxylation is 2. The van der Waals surface area contributed by atoms with Crippen LogP contribution in [0, 0.1) is 0 Å². The van der Waals surface area contributed by atoms with Crippen LogP contribution in [0.1, 0.15) is 28.1 Å². The number of aromatic nitrogens is 1. The third kappa shape index (κ3) is 1.05. The SMILES string of the molecule is Nc1c(C(=O)O)oc2ncc3c(c12)CCC3. The van der Waals surface area contributed by atoms with Crippen LogP contribution in [0.4, 0.5) is 5.69 Å². The third-order valence-electron chi connectivity index (χ3n) is 3.02. The van der Waals surface area contributed by atoms with E-state index in [9.17, 15) is 4.79 Å². The van der Waals surface area contributed by atoms with E-state index in [1.54, 1.807) is 6.20 Å². The average Bonchev–Trinajstić information content (AvgIpc) is 2.81. The van der Waals surface area contributed by atoms with Crippen molar-refractivity contribution >= 4 is 22.8 Å². The number of carbonyl (C=O) groups is 1. The molecule has 0 spiro atoms. The first-order valence-corrected chi connectivity index (χ1v) is 5.10. The summed E-state index contributed by atoms with van der Waals surface area (Å²) in [7, 11) is 0.